The van der Waals surface area contributed by atoms with Gasteiger partial charge in [-0.2, -0.15) is 10.4 Å². The molecule has 0 bridgehead atoms. The number of aromatic nitrogens is 3. The van der Waals surface area contributed by atoms with Crippen LogP contribution in [0.5, 0.6) is 0 Å². The molecule has 2 N–H and O–H groups in total. The third kappa shape index (κ3) is 4.04. The van der Waals surface area contributed by atoms with Gasteiger partial charge < -0.3 is 20.3 Å². The second-order valence-electron chi connectivity index (χ2n) is 8.97. The molecule has 10 heteroatoms. The number of ether oxygens (including phenoxy) is 1. The van der Waals surface area contributed by atoms with Gasteiger partial charge in [0, 0.05) is 50.8 Å². The summed E-state index contributed by atoms with van der Waals surface area (Å²) < 4.78 is 7.06. The van der Waals surface area contributed by atoms with E-state index >= 15 is 0 Å². The summed E-state index contributed by atoms with van der Waals surface area (Å²) in [5.41, 5.74) is 0.231. The maximum absolute atomic E-state index is 13.1. The lowest BCUT2D eigenvalue weighted by molar-refractivity contribution is -0.123. The Labute approximate surface area is 191 Å². The lowest BCUT2D eigenvalue weighted by atomic mass is 9.83. The van der Waals surface area contributed by atoms with Gasteiger partial charge in [0.2, 0.25) is 5.91 Å². The van der Waals surface area contributed by atoms with Crippen LogP contribution in [-0.4, -0.2) is 52.4 Å². The number of amides is 2. The molecule has 1 saturated carbocycles. The fourth-order valence-electron chi connectivity index (χ4n) is 4.76. The first-order valence-electron chi connectivity index (χ1n) is 11.4. The van der Waals surface area contributed by atoms with Crippen molar-refractivity contribution in [1.29, 1.82) is 5.26 Å². The van der Waals surface area contributed by atoms with Crippen molar-refractivity contribution in [3.63, 3.8) is 0 Å². The molecule has 2 atom stereocenters. The molecule has 3 aliphatic rings. The van der Waals surface area contributed by atoms with E-state index in [0.29, 0.717) is 42.5 Å². The van der Waals surface area contributed by atoms with Crippen LogP contribution in [0.4, 0.5) is 17.3 Å². The van der Waals surface area contributed by atoms with Crippen LogP contribution >= 0.6 is 0 Å². The first-order chi connectivity index (χ1) is 16.0. The SMILES string of the molecule is Cn1nc(Nc2cc(N3CC[C@@](C#N)(C4CC4)C3=O)ccn2)cc1C(=O)NC[C@H]1CCCO1. The van der Waals surface area contributed by atoms with Crippen LogP contribution in [0.15, 0.2) is 24.4 Å². The highest BCUT2D eigenvalue weighted by molar-refractivity contribution is 6.02. The standard InChI is InChI=1S/C23H27N7O3/c1-29-18(21(31)26-13-17-3-2-10-33-17)12-20(28-29)27-19-11-16(6-8-25-19)30-9-7-23(14-24,22(30)32)15-4-5-15/h6,8,11-12,15,17H,2-5,7,9-10,13H2,1H3,(H,26,31)(H,25,27,28)/t17-,23-/m1/s1. The third-order valence-corrected chi connectivity index (χ3v) is 6.77. The molecule has 0 radical (unpaired) electrons. The Hall–Kier alpha value is -3.45. The Kier molecular flexibility index (Phi) is 5.50. The molecule has 10 nitrogen and oxygen atoms in total. The van der Waals surface area contributed by atoms with E-state index in [1.54, 1.807) is 36.3 Å². The number of carbonyl (C=O) groups excluding carboxylic acids is 2. The van der Waals surface area contributed by atoms with Crippen molar-refractivity contribution in [3.05, 3.63) is 30.1 Å². The quantitative estimate of drug-likeness (QED) is 0.663. The topological polar surface area (TPSA) is 125 Å². The Morgan fingerprint density at radius 3 is 2.91 bits per heavy atom. The maximum atomic E-state index is 13.1. The fourth-order valence-corrected chi connectivity index (χ4v) is 4.76. The molecular weight excluding hydrogens is 422 g/mol. The third-order valence-electron chi connectivity index (χ3n) is 6.77. The summed E-state index contributed by atoms with van der Waals surface area (Å²) in [4.78, 5) is 31.6. The van der Waals surface area contributed by atoms with E-state index in [1.165, 1.54) is 4.68 Å². The van der Waals surface area contributed by atoms with Crippen molar-refractivity contribution in [1.82, 2.24) is 20.1 Å². The smallest absolute Gasteiger partial charge is 0.269 e. The lowest BCUT2D eigenvalue weighted by Gasteiger charge is -2.21. The molecule has 0 aromatic carbocycles. The van der Waals surface area contributed by atoms with Crippen molar-refractivity contribution in [2.75, 3.05) is 29.9 Å². The largest absolute Gasteiger partial charge is 0.376 e. The number of carbonyl (C=O) groups is 2. The van der Waals surface area contributed by atoms with Crippen LogP contribution in [0.1, 0.15) is 42.6 Å². The Balaban J connectivity index is 1.27. The predicted molar refractivity (Wildman–Crippen MR) is 120 cm³/mol. The van der Waals surface area contributed by atoms with E-state index in [4.69, 9.17) is 4.74 Å². The molecule has 0 spiro atoms. The summed E-state index contributed by atoms with van der Waals surface area (Å²) in [6.45, 7) is 1.74. The summed E-state index contributed by atoms with van der Waals surface area (Å²) in [5, 5.41) is 20.1. The second-order valence-corrected chi connectivity index (χ2v) is 8.97. The monoisotopic (exact) mass is 449 g/mol. The predicted octanol–water partition coefficient (Wildman–Crippen LogP) is 2.12. The fraction of sp³-hybridized carbons (Fsp3) is 0.522. The minimum Gasteiger partial charge on any atom is -0.376 e. The van der Waals surface area contributed by atoms with E-state index in [1.807, 2.05) is 0 Å². The van der Waals surface area contributed by atoms with Crippen molar-refractivity contribution >= 4 is 29.1 Å². The average molecular weight is 450 g/mol. The lowest BCUT2D eigenvalue weighted by Crippen LogP contribution is -2.35. The molecule has 5 rings (SSSR count). The summed E-state index contributed by atoms with van der Waals surface area (Å²) in [5.74, 6) is 0.823. The molecule has 0 unspecified atom stereocenters. The van der Waals surface area contributed by atoms with Crippen LogP contribution in [0.25, 0.3) is 0 Å². The first-order valence-corrected chi connectivity index (χ1v) is 11.4. The molecule has 33 heavy (non-hydrogen) atoms. The minimum absolute atomic E-state index is 0.0692. The van der Waals surface area contributed by atoms with Crippen molar-refractivity contribution in [2.45, 2.75) is 38.2 Å². The van der Waals surface area contributed by atoms with Gasteiger partial charge in [-0.05, 0) is 44.1 Å². The highest BCUT2D eigenvalue weighted by Crippen LogP contribution is 2.51. The zero-order valence-corrected chi connectivity index (χ0v) is 18.6. The van der Waals surface area contributed by atoms with E-state index in [2.05, 4.69) is 26.8 Å². The number of nitriles is 1. The number of anilines is 3. The van der Waals surface area contributed by atoms with Crippen LogP contribution in [-0.2, 0) is 16.6 Å². The van der Waals surface area contributed by atoms with Gasteiger partial charge in [-0.3, -0.25) is 14.3 Å². The molecule has 4 heterocycles. The van der Waals surface area contributed by atoms with Crippen molar-refractivity contribution in [3.8, 4) is 6.07 Å². The van der Waals surface area contributed by atoms with Gasteiger partial charge in [-0.1, -0.05) is 0 Å². The Morgan fingerprint density at radius 2 is 2.18 bits per heavy atom. The zero-order chi connectivity index (χ0) is 23.0. The molecule has 2 aromatic heterocycles. The number of rotatable bonds is 7. The van der Waals surface area contributed by atoms with Gasteiger partial charge >= 0.3 is 0 Å². The van der Waals surface area contributed by atoms with E-state index < -0.39 is 5.41 Å². The van der Waals surface area contributed by atoms with Gasteiger partial charge in [0.25, 0.3) is 5.91 Å². The van der Waals surface area contributed by atoms with E-state index in [0.717, 1.165) is 32.3 Å². The maximum Gasteiger partial charge on any atom is 0.269 e. The molecule has 1 aliphatic carbocycles. The number of nitrogens with zero attached hydrogens (tertiary/aromatic N) is 5. The molecular formula is C23H27N7O3. The van der Waals surface area contributed by atoms with E-state index in [9.17, 15) is 14.9 Å². The number of nitrogens with one attached hydrogen (secondary N) is 2. The van der Waals surface area contributed by atoms with Gasteiger partial charge in [-0.25, -0.2) is 4.98 Å². The van der Waals surface area contributed by atoms with Crippen LogP contribution in [0, 0.1) is 22.7 Å². The van der Waals surface area contributed by atoms with Gasteiger partial charge in [0.15, 0.2) is 5.82 Å². The highest BCUT2D eigenvalue weighted by Gasteiger charge is 2.56. The number of hydrogen-bond acceptors (Lipinski definition) is 7. The van der Waals surface area contributed by atoms with Gasteiger partial charge in [0.1, 0.15) is 16.9 Å². The number of pyridine rings is 1. The molecule has 2 saturated heterocycles. The Bertz CT molecular complexity index is 1110. The summed E-state index contributed by atoms with van der Waals surface area (Å²) in [6.07, 6.45) is 6.11. The molecule has 3 fully saturated rings. The first kappa shape index (κ1) is 21.4. The van der Waals surface area contributed by atoms with Crippen LogP contribution in [0.2, 0.25) is 0 Å². The normalized spacial score (nSPS) is 24.7. The number of hydrogen-bond donors (Lipinski definition) is 2. The second kappa shape index (κ2) is 8.48. The molecule has 2 amide bonds. The summed E-state index contributed by atoms with van der Waals surface area (Å²) in [7, 11) is 1.71. The highest BCUT2D eigenvalue weighted by atomic mass is 16.5. The van der Waals surface area contributed by atoms with Crippen LogP contribution < -0.4 is 15.5 Å². The van der Waals surface area contributed by atoms with Gasteiger partial charge in [0.05, 0.1) is 12.2 Å². The molecule has 2 aromatic rings. The molecule has 172 valence electrons. The van der Waals surface area contributed by atoms with Gasteiger partial charge in [-0.15, -0.1) is 0 Å². The Morgan fingerprint density at radius 1 is 1.33 bits per heavy atom. The van der Waals surface area contributed by atoms with Crippen LogP contribution in [0.3, 0.4) is 0 Å². The average Bonchev–Trinajstić information content (AvgIpc) is 3.25. The van der Waals surface area contributed by atoms with E-state index in [-0.39, 0.29) is 23.8 Å². The summed E-state index contributed by atoms with van der Waals surface area (Å²) >= 11 is 0. The summed E-state index contributed by atoms with van der Waals surface area (Å²) in [6, 6.07) is 7.51. The minimum atomic E-state index is -0.885. The van der Waals surface area contributed by atoms with Crippen molar-refractivity contribution in [2.24, 2.45) is 18.4 Å². The zero-order valence-electron chi connectivity index (χ0n) is 18.6. The van der Waals surface area contributed by atoms with Crippen molar-refractivity contribution < 1.29 is 14.3 Å². The number of aryl methyl sites for hydroxylation is 1. The molecule has 2 aliphatic heterocycles.